The highest BCUT2D eigenvalue weighted by atomic mass is 32.2. The van der Waals surface area contributed by atoms with Gasteiger partial charge in [0, 0.05) is 12.3 Å². The summed E-state index contributed by atoms with van der Waals surface area (Å²) in [4.78, 5) is 27.2. The molecule has 0 saturated carbocycles. The van der Waals surface area contributed by atoms with E-state index in [9.17, 15) is 9.59 Å². The summed E-state index contributed by atoms with van der Waals surface area (Å²) < 4.78 is 5.26. The van der Waals surface area contributed by atoms with Crippen LogP contribution in [0.2, 0.25) is 0 Å². The Morgan fingerprint density at radius 1 is 1.24 bits per heavy atom. The predicted molar refractivity (Wildman–Crippen MR) is 98.0 cm³/mol. The number of furan rings is 1. The number of carbonyl (C=O) groups excluding carboxylic acids is 2. The maximum absolute atomic E-state index is 12.9. The lowest BCUT2D eigenvalue weighted by Crippen LogP contribution is -2.50. The van der Waals surface area contributed by atoms with Gasteiger partial charge in [0.1, 0.15) is 6.04 Å². The molecule has 1 aliphatic rings. The number of nitrogens with one attached hydrogen (secondary N) is 1. The Labute approximate surface area is 151 Å². The SMILES string of the molecule is CC(C)C1SCC(C(=O)NCc2ccccc2)N1C(=O)c1ccco1. The number of thioether (sulfide) groups is 1. The molecule has 2 atom stereocenters. The van der Waals surface area contributed by atoms with E-state index in [1.54, 1.807) is 28.8 Å². The zero-order valence-electron chi connectivity index (χ0n) is 14.3. The van der Waals surface area contributed by atoms with Gasteiger partial charge in [-0.15, -0.1) is 11.8 Å². The van der Waals surface area contributed by atoms with Crippen LogP contribution in [0.5, 0.6) is 0 Å². The van der Waals surface area contributed by atoms with Crippen LogP contribution in [0.15, 0.2) is 53.1 Å². The highest BCUT2D eigenvalue weighted by Crippen LogP contribution is 2.35. The van der Waals surface area contributed by atoms with Crippen molar-refractivity contribution in [2.45, 2.75) is 31.8 Å². The van der Waals surface area contributed by atoms with Gasteiger partial charge in [-0.25, -0.2) is 0 Å². The maximum atomic E-state index is 12.9. The van der Waals surface area contributed by atoms with Crippen molar-refractivity contribution in [3.8, 4) is 0 Å². The molecule has 6 heteroatoms. The second-order valence-corrected chi connectivity index (χ2v) is 7.53. The van der Waals surface area contributed by atoms with Gasteiger partial charge >= 0.3 is 0 Å². The minimum atomic E-state index is -0.487. The highest BCUT2D eigenvalue weighted by molar-refractivity contribution is 8.00. The molecular weight excluding hydrogens is 336 g/mol. The number of rotatable bonds is 5. The van der Waals surface area contributed by atoms with Gasteiger partial charge in [0.25, 0.3) is 5.91 Å². The fourth-order valence-corrected chi connectivity index (χ4v) is 4.41. The van der Waals surface area contributed by atoms with Crippen molar-refractivity contribution in [3.63, 3.8) is 0 Å². The Balaban J connectivity index is 1.74. The largest absolute Gasteiger partial charge is 0.459 e. The van der Waals surface area contributed by atoms with Gasteiger partial charge in [-0.2, -0.15) is 0 Å². The molecule has 1 fully saturated rings. The summed E-state index contributed by atoms with van der Waals surface area (Å²) in [6.45, 7) is 4.57. The molecule has 132 valence electrons. The van der Waals surface area contributed by atoms with Crippen LogP contribution in [0, 0.1) is 5.92 Å². The first-order valence-electron chi connectivity index (χ1n) is 8.37. The third-order valence-electron chi connectivity index (χ3n) is 4.18. The van der Waals surface area contributed by atoms with Gasteiger partial charge in [-0.1, -0.05) is 44.2 Å². The molecule has 2 heterocycles. The summed E-state index contributed by atoms with van der Waals surface area (Å²) in [5.41, 5.74) is 1.03. The van der Waals surface area contributed by atoms with E-state index < -0.39 is 6.04 Å². The summed E-state index contributed by atoms with van der Waals surface area (Å²) in [5.74, 6) is 0.758. The van der Waals surface area contributed by atoms with E-state index in [0.717, 1.165) is 5.56 Å². The topological polar surface area (TPSA) is 62.6 Å². The van der Waals surface area contributed by atoms with Gasteiger partial charge in [-0.3, -0.25) is 9.59 Å². The van der Waals surface area contributed by atoms with Crippen molar-refractivity contribution in [3.05, 3.63) is 60.1 Å². The average molecular weight is 358 g/mol. The second-order valence-electron chi connectivity index (χ2n) is 6.38. The van der Waals surface area contributed by atoms with Crippen LogP contribution in [0.3, 0.4) is 0 Å². The molecule has 1 N–H and O–H groups in total. The smallest absolute Gasteiger partial charge is 0.291 e. The molecule has 3 rings (SSSR count). The lowest BCUT2D eigenvalue weighted by atomic mass is 10.1. The van der Waals surface area contributed by atoms with Crippen LogP contribution < -0.4 is 5.32 Å². The van der Waals surface area contributed by atoms with E-state index in [1.807, 2.05) is 30.3 Å². The van der Waals surface area contributed by atoms with E-state index in [1.165, 1.54) is 6.26 Å². The van der Waals surface area contributed by atoms with Crippen LogP contribution in [-0.4, -0.2) is 33.9 Å². The molecule has 2 amide bonds. The molecule has 0 bridgehead atoms. The minimum Gasteiger partial charge on any atom is -0.459 e. The second kappa shape index (κ2) is 7.78. The van der Waals surface area contributed by atoms with Crippen LogP contribution in [-0.2, 0) is 11.3 Å². The van der Waals surface area contributed by atoms with E-state index in [2.05, 4.69) is 19.2 Å². The Morgan fingerprint density at radius 3 is 2.64 bits per heavy atom. The van der Waals surface area contributed by atoms with Crippen LogP contribution >= 0.6 is 11.8 Å². The number of hydrogen-bond donors (Lipinski definition) is 1. The molecule has 2 aromatic rings. The molecule has 5 nitrogen and oxygen atoms in total. The predicted octanol–water partition coefficient (Wildman–Crippen LogP) is 3.14. The molecule has 2 unspecified atom stereocenters. The average Bonchev–Trinajstić information content (AvgIpc) is 3.29. The quantitative estimate of drug-likeness (QED) is 0.892. The van der Waals surface area contributed by atoms with Gasteiger partial charge in [-0.05, 0) is 23.6 Å². The highest BCUT2D eigenvalue weighted by Gasteiger charge is 2.43. The fourth-order valence-electron chi connectivity index (χ4n) is 2.93. The lowest BCUT2D eigenvalue weighted by Gasteiger charge is -2.30. The van der Waals surface area contributed by atoms with Gasteiger partial charge in [0.05, 0.1) is 11.6 Å². The van der Waals surface area contributed by atoms with E-state index in [-0.39, 0.29) is 28.9 Å². The Hall–Kier alpha value is -2.21. The molecule has 1 aromatic heterocycles. The standard InChI is InChI=1S/C19H22N2O3S/c1-13(2)19-21(18(23)16-9-6-10-24-16)15(12-25-19)17(22)20-11-14-7-4-3-5-8-14/h3-10,13,15,19H,11-12H2,1-2H3,(H,20,22). The Bertz CT molecular complexity index is 716. The Morgan fingerprint density at radius 2 is 2.00 bits per heavy atom. The summed E-state index contributed by atoms with van der Waals surface area (Å²) in [7, 11) is 0. The van der Waals surface area contributed by atoms with Crippen LogP contribution in [0.4, 0.5) is 0 Å². The Kier molecular flexibility index (Phi) is 5.48. The number of nitrogens with zero attached hydrogens (tertiary/aromatic N) is 1. The third-order valence-corrected chi connectivity index (χ3v) is 5.80. The van der Waals surface area contributed by atoms with Crippen molar-refractivity contribution in [1.82, 2.24) is 10.2 Å². The first-order valence-corrected chi connectivity index (χ1v) is 9.42. The maximum Gasteiger partial charge on any atom is 0.291 e. The molecule has 1 aliphatic heterocycles. The van der Waals surface area contributed by atoms with Gasteiger partial charge < -0.3 is 14.6 Å². The molecule has 0 radical (unpaired) electrons. The zero-order valence-corrected chi connectivity index (χ0v) is 15.2. The first kappa shape index (κ1) is 17.6. The lowest BCUT2D eigenvalue weighted by molar-refractivity contribution is -0.125. The van der Waals surface area contributed by atoms with E-state index in [4.69, 9.17) is 4.42 Å². The van der Waals surface area contributed by atoms with Crippen LogP contribution in [0.25, 0.3) is 0 Å². The monoisotopic (exact) mass is 358 g/mol. The normalized spacial score (nSPS) is 20.0. The van der Waals surface area contributed by atoms with Crippen molar-refractivity contribution in [2.75, 3.05) is 5.75 Å². The minimum absolute atomic E-state index is 0.0370. The molecule has 0 spiro atoms. The summed E-state index contributed by atoms with van der Waals surface area (Å²) in [6, 6.07) is 12.6. The number of hydrogen-bond acceptors (Lipinski definition) is 4. The summed E-state index contributed by atoms with van der Waals surface area (Å²) >= 11 is 1.64. The van der Waals surface area contributed by atoms with Crippen molar-refractivity contribution in [1.29, 1.82) is 0 Å². The first-order chi connectivity index (χ1) is 12.1. The number of carbonyl (C=O) groups is 2. The fraction of sp³-hybridized carbons (Fsp3) is 0.368. The molecule has 1 saturated heterocycles. The molecular formula is C19H22N2O3S. The summed E-state index contributed by atoms with van der Waals surface area (Å²) in [5, 5.41) is 2.92. The number of amides is 2. The molecule has 1 aromatic carbocycles. The zero-order chi connectivity index (χ0) is 17.8. The van der Waals surface area contributed by atoms with Gasteiger partial charge in [0.2, 0.25) is 5.91 Å². The molecule has 0 aliphatic carbocycles. The van der Waals surface area contributed by atoms with Gasteiger partial charge in [0.15, 0.2) is 5.76 Å². The van der Waals surface area contributed by atoms with Crippen molar-refractivity contribution >= 4 is 23.6 Å². The molecule has 25 heavy (non-hydrogen) atoms. The van der Waals surface area contributed by atoms with Crippen molar-refractivity contribution in [2.24, 2.45) is 5.92 Å². The van der Waals surface area contributed by atoms with Crippen molar-refractivity contribution < 1.29 is 14.0 Å². The van der Waals surface area contributed by atoms with E-state index in [0.29, 0.717) is 12.3 Å². The third kappa shape index (κ3) is 3.90. The van der Waals surface area contributed by atoms with E-state index >= 15 is 0 Å². The van der Waals surface area contributed by atoms with Crippen LogP contribution in [0.1, 0.15) is 30.0 Å². The number of benzene rings is 1. The summed E-state index contributed by atoms with van der Waals surface area (Å²) in [6.07, 6.45) is 1.48.